The SMILES string of the molecule is CC1CCCC(NC(=O)c2coc(C3CCNCC3)n2)C1C. The lowest BCUT2D eigenvalue weighted by molar-refractivity contribution is 0.0886. The second-order valence-corrected chi connectivity index (χ2v) is 6.94. The van der Waals surface area contributed by atoms with Crippen LogP contribution < -0.4 is 10.6 Å². The van der Waals surface area contributed by atoms with Crippen molar-refractivity contribution in [1.82, 2.24) is 15.6 Å². The number of hydrogen-bond donors (Lipinski definition) is 2. The molecule has 1 amide bonds. The monoisotopic (exact) mass is 305 g/mol. The van der Waals surface area contributed by atoms with Crippen LogP contribution in [0.4, 0.5) is 0 Å². The fraction of sp³-hybridized carbons (Fsp3) is 0.765. The maximum Gasteiger partial charge on any atom is 0.273 e. The zero-order valence-corrected chi connectivity index (χ0v) is 13.6. The molecular formula is C17H27N3O2. The Balaban J connectivity index is 1.61. The summed E-state index contributed by atoms with van der Waals surface area (Å²) in [6, 6.07) is 0.260. The number of aromatic nitrogens is 1. The molecule has 0 bridgehead atoms. The van der Waals surface area contributed by atoms with Crippen LogP contribution in [0.3, 0.4) is 0 Å². The van der Waals surface area contributed by atoms with Gasteiger partial charge in [-0.15, -0.1) is 0 Å². The highest BCUT2D eigenvalue weighted by atomic mass is 16.3. The molecule has 2 heterocycles. The van der Waals surface area contributed by atoms with Crippen molar-refractivity contribution in [1.29, 1.82) is 0 Å². The van der Waals surface area contributed by atoms with Gasteiger partial charge in [-0.25, -0.2) is 4.98 Å². The molecule has 1 saturated heterocycles. The Morgan fingerprint density at radius 3 is 2.82 bits per heavy atom. The van der Waals surface area contributed by atoms with E-state index in [1.54, 1.807) is 0 Å². The summed E-state index contributed by atoms with van der Waals surface area (Å²) in [5, 5.41) is 6.49. The van der Waals surface area contributed by atoms with Crippen LogP contribution in [0, 0.1) is 11.8 Å². The third kappa shape index (κ3) is 3.35. The predicted octanol–water partition coefficient (Wildman–Crippen LogP) is 2.70. The van der Waals surface area contributed by atoms with E-state index in [0.717, 1.165) is 38.2 Å². The van der Waals surface area contributed by atoms with Crippen molar-refractivity contribution < 1.29 is 9.21 Å². The fourth-order valence-electron chi connectivity index (χ4n) is 3.68. The molecule has 5 nitrogen and oxygen atoms in total. The van der Waals surface area contributed by atoms with E-state index in [4.69, 9.17) is 4.42 Å². The van der Waals surface area contributed by atoms with Crippen molar-refractivity contribution in [2.45, 2.75) is 57.9 Å². The van der Waals surface area contributed by atoms with E-state index in [-0.39, 0.29) is 11.9 Å². The third-order valence-electron chi connectivity index (χ3n) is 5.47. The van der Waals surface area contributed by atoms with Gasteiger partial charge in [0, 0.05) is 12.0 Å². The van der Waals surface area contributed by atoms with Crippen LogP contribution in [0.15, 0.2) is 10.7 Å². The summed E-state index contributed by atoms with van der Waals surface area (Å²) in [6.07, 6.45) is 7.09. The Kier molecular flexibility index (Phi) is 4.81. The molecule has 22 heavy (non-hydrogen) atoms. The van der Waals surface area contributed by atoms with Crippen LogP contribution in [-0.2, 0) is 0 Å². The Labute approximate surface area is 132 Å². The van der Waals surface area contributed by atoms with Crippen LogP contribution >= 0.6 is 0 Å². The second kappa shape index (κ2) is 6.82. The third-order valence-corrected chi connectivity index (χ3v) is 5.47. The van der Waals surface area contributed by atoms with Crippen LogP contribution in [-0.4, -0.2) is 30.0 Å². The number of carbonyl (C=O) groups is 1. The van der Waals surface area contributed by atoms with Crippen LogP contribution in [0.1, 0.15) is 68.2 Å². The Morgan fingerprint density at radius 1 is 1.27 bits per heavy atom. The average Bonchev–Trinajstić information content (AvgIpc) is 3.03. The van der Waals surface area contributed by atoms with E-state index in [2.05, 4.69) is 29.5 Å². The summed E-state index contributed by atoms with van der Waals surface area (Å²) in [5.74, 6) is 2.16. The molecule has 1 aromatic heterocycles. The molecule has 2 N–H and O–H groups in total. The lowest BCUT2D eigenvalue weighted by Gasteiger charge is -2.34. The van der Waals surface area contributed by atoms with Crippen molar-refractivity contribution in [3.8, 4) is 0 Å². The molecule has 3 atom stereocenters. The molecule has 2 aliphatic rings. The quantitative estimate of drug-likeness (QED) is 0.901. The molecule has 3 rings (SSSR count). The van der Waals surface area contributed by atoms with Crippen molar-refractivity contribution >= 4 is 5.91 Å². The first-order valence-electron chi connectivity index (χ1n) is 8.62. The molecular weight excluding hydrogens is 278 g/mol. The highest BCUT2D eigenvalue weighted by molar-refractivity contribution is 5.92. The Morgan fingerprint density at radius 2 is 2.05 bits per heavy atom. The van der Waals surface area contributed by atoms with Gasteiger partial charge in [-0.05, 0) is 44.2 Å². The first kappa shape index (κ1) is 15.5. The number of piperidine rings is 1. The molecule has 1 saturated carbocycles. The number of hydrogen-bond acceptors (Lipinski definition) is 4. The molecule has 0 radical (unpaired) electrons. The molecule has 122 valence electrons. The standard InChI is InChI=1S/C17H27N3O2/c1-11-4-3-5-14(12(11)2)19-16(21)15-10-22-17(20-15)13-6-8-18-9-7-13/h10-14,18H,3-9H2,1-2H3,(H,19,21). The zero-order valence-electron chi connectivity index (χ0n) is 13.6. The first-order chi connectivity index (χ1) is 10.6. The summed E-state index contributed by atoms with van der Waals surface area (Å²) >= 11 is 0. The van der Waals surface area contributed by atoms with E-state index in [1.807, 2.05) is 0 Å². The molecule has 0 spiro atoms. The number of amides is 1. The molecule has 2 fully saturated rings. The minimum absolute atomic E-state index is 0.0881. The lowest BCUT2D eigenvalue weighted by Crippen LogP contribution is -2.43. The van der Waals surface area contributed by atoms with Gasteiger partial charge in [-0.3, -0.25) is 4.79 Å². The molecule has 1 aromatic rings. The number of carbonyl (C=O) groups excluding carboxylic acids is 1. The van der Waals surface area contributed by atoms with E-state index >= 15 is 0 Å². The first-order valence-corrected chi connectivity index (χ1v) is 8.62. The summed E-state index contributed by atoms with van der Waals surface area (Å²) < 4.78 is 5.56. The lowest BCUT2D eigenvalue weighted by atomic mass is 9.78. The number of oxazole rings is 1. The topological polar surface area (TPSA) is 67.2 Å². The van der Waals surface area contributed by atoms with Gasteiger partial charge in [0.15, 0.2) is 11.6 Å². The van der Waals surface area contributed by atoms with E-state index in [1.165, 1.54) is 19.1 Å². The van der Waals surface area contributed by atoms with Gasteiger partial charge in [-0.2, -0.15) is 0 Å². The highest BCUT2D eigenvalue weighted by Gasteiger charge is 2.29. The van der Waals surface area contributed by atoms with Gasteiger partial charge >= 0.3 is 0 Å². The summed E-state index contributed by atoms with van der Waals surface area (Å²) in [6.45, 7) is 6.49. The second-order valence-electron chi connectivity index (χ2n) is 6.94. The Hall–Kier alpha value is -1.36. The van der Waals surface area contributed by atoms with Crippen molar-refractivity contribution in [2.24, 2.45) is 11.8 Å². The molecule has 1 aliphatic carbocycles. The maximum atomic E-state index is 12.4. The molecule has 3 unspecified atom stereocenters. The Bertz CT molecular complexity index is 508. The number of nitrogens with one attached hydrogen (secondary N) is 2. The fourth-order valence-corrected chi connectivity index (χ4v) is 3.68. The van der Waals surface area contributed by atoms with Gasteiger partial charge < -0.3 is 15.1 Å². The van der Waals surface area contributed by atoms with Gasteiger partial charge in [-0.1, -0.05) is 26.7 Å². The minimum Gasteiger partial charge on any atom is -0.448 e. The zero-order chi connectivity index (χ0) is 15.5. The largest absolute Gasteiger partial charge is 0.448 e. The molecule has 1 aliphatic heterocycles. The summed E-state index contributed by atoms with van der Waals surface area (Å²) in [4.78, 5) is 16.9. The van der Waals surface area contributed by atoms with Gasteiger partial charge in [0.2, 0.25) is 0 Å². The molecule has 5 heteroatoms. The van der Waals surface area contributed by atoms with Crippen molar-refractivity contribution in [3.63, 3.8) is 0 Å². The van der Waals surface area contributed by atoms with Crippen LogP contribution in [0.2, 0.25) is 0 Å². The van der Waals surface area contributed by atoms with E-state index in [0.29, 0.717) is 23.4 Å². The normalized spacial score (nSPS) is 30.2. The maximum absolute atomic E-state index is 12.4. The minimum atomic E-state index is -0.0881. The van der Waals surface area contributed by atoms with Crippen LogP contribution in [0.5, 0.6) is 0 Å². The summed E-state index contributed by atoms with van der Waals surface area (Å²) in [7, 11) is 0. The molecule has 0 aromatic carbocycles. The summed E-state index contributed by atoms with van der Waals surface area (Å²) in [5.41, 5.74) is 0.430. The van der Waals surface area contributed by atoms with Crippen LogP contribution in [0.25, 0.3) is 0 Å². The van der Waals surface area contributed by atoms with Gasteiger partial charge in [0.1, 0.15) is 6.26 Å². The smallest absolute Gasteiger partial charge is 0.273 e. The number of nitrogens with zero attached hydrogens (tertiary/aromatic N) is 1. The van der Waals surface area contributed by atoms with Crippen molar-refractivity contribution in [2.75, 3.05) is 13.1 Å². The highest BCUT2D eigenvalue weighted by Crippen LogP contribution is 2.30. The van der Waals surface area contributed by atoms with Crippen molar-refractivity contribution in [3.05, 3.63) is 17.8 Å². The van der Waals surface area contributed by atoms with E-state index in [9.17, 15) is 4.79 Å². The number of rotatable bonds is 3. The van der Waals surface area contributed by atoms with Gasteiger partial charge in [0.05, 0.1) is 0 Å². The average molecular weight is 305 g/mol. The van der Waals surface area contributed by atoms with E-state index < -0.39 is 0 Å². The van der Waals surface area contributed by atoms with Gasteiger partial charge in [0.25, 0.3) is 5.91 Å². The predicted molar refractivity (Wildman–Crippen MR) is 84.8 cm³/mol.